The zero-order valence-corrected chi connectivity index (χ0v) is 18.7. The maximum Gasteiger partial charge on any atom is 0.310 e. The molecule has 1 aliphatic carbocycles. The number of aliphatic carboxylic acids is 1. The number of hydrogen-bond donors (Lipinski definition) is 3. The fourth-order valence-electron chi connectivity index (χ4n) is 5.09. The molecule has 184 valence electrons. The molecule has 2 fully saturated rings. The number of nitrogens with zero attached hydrogens (tertiary/aromatic N) is 6. The number of carboxylic acids is 1. The van der Waals surface area contributed by atoms with Crippen molar-refractivity contribution in [1.29, 1.82) is 0 Å². The largest absolute Gasteiger partial charge is 0.481 e. The Morgan fingerprint density at radius 1 is 1.14 bits per heavy atom. The molecule has 1 aromatic carbocycles. The second kappa shape index (κ2) is 7.63. The van der Waals surface area contributed by atoms with Gasteiger partial charge in [0.05, 0.1) is 35.4 Å². The van der Waals surface area contributed by atoms with Gasteiger partial charge in [-0.3, -0.25) is 9.48 Å². The second-order valence-electron chi connectivity index (χ2n) is 9.12. The van der Waals surface area contributed by atoms with Gasteiger partial charge in [0.25, 0.3) is 0 Å². The molecule has 5 N–H and O–H groups in total. The molecule has 2 aliphatic rings. The minimum absolute atomic E-state index is 0.0275. The number of fused-ring (bicyclic) bond motifs is 1. The number of anilines is 1. The Kier molecular flexibility index (Phi) is 4.72. The Balaban J connectivity index is 1.36. The molecule has 36 heavy (non-hydrogen) atoms. The zero-order valence-electron chi connectivity index (χ0n) is 18.7. The number of benzene rings is 1. The van der Waals surface area contributed by atoms with Crippen LogP contribution in [-0.4, -0.2) is 60.1 Å². The lowest BCUT2D eigenvalue weighted by atomic mass is 10.2. The van der Waals surface area contributed by atoms with Gasteiger partial charge in [-0.05, 0) is 12.1 Å². The molecule has 1 unspecified atom stereocenters. The Labute approximate surface area is 202 Å². The van der Waals surface area contributed by atoms with E-state index in [2.05, 4.69) is 20.2 Å². The first kappa shape index (κ1) is 22.2. The number of aromatic nitrogens is 5. The highest BCUT2D eigenvalue weighted by Gasteiger charge is 2.80. The Bertz CT molecular complexity index is 1470. The molecular formula is C23H20F2N8O3. The van der Waals surface area contributed by atoms with Gasteiger partial charge in [0, 0.05) is 24.7 Å². The lowest BCUT2D eigenvalue weighted by Crippen LogP contribution is -2.39. The highest BCUT2D eigenvalue weighted by molar-refractivity contribution is 5.83. The van der Waals surface area contributed by atoms with Crippen LogP contribution < -0.4 is 16.4 Å². The van der Waals surface area contributed by atoms with E-state index in [1.54, 1.807) is 30.3 Å². The Hall–Kier alpha value is -4.23. The summed E-state index contributed by atoms with van der Waals surface area (Å²) < 4.78 is 35.6. The van der Waals surface area contributed by atoms with Crippen molar-refractivity contribution in [2.75, 3.05) is 18.0 Å². The number of rotatable bonds is 6. The molecule has 0 bridgehead atoms. The zero-order chi connectivity index (χ0) is 25.2. The first-order valence-corrected chi connectivity index (χ1v) is 11.0. The lowest BCUT2D eigenvalue weighted by molar-refractivity contribution is -0.139. The molecule has 6 rings (SSSR count). The summed E-state index contributed by atoms with van der Waals surface area (Å²) in [4.78, 5) is 21.5. The third kappa shape index (κ3) is 3.20. The Morgan fingerprint density at radius 3 is 2.56 bits per heavy atom. The van der Waals surface area contributed by atoms with E-state index in [9.17, 15) is 18.7 Å². The summed E-state index contributed by atoms with van der Waals surface area (Å²) in [6, 6.07) is 9.59. The number of nitrogens with two attached hydrogens (primary N) is 2. The van der Waals surface area contributed by atoms with E-state index < -0.39 is 28.8 Å². The molecule has 1 aliphatic heterocycles. The molecule has 1 saturated heterocycles. The van der Waals surface area contributed by atoms with Crippen molar-refractivity contribution in [3.8, 4) is 22.9 Å². The molecule has 13 heteroatoms. The Morgan fingerprint density at radius 2 is 1.89 bits per heavy atom. The molecule has 3 aromatic heterocycles. The lowest BCUT2D eigenvalue weighted by Gasteiger charge is -2.23. The van der Waals surface area contributed by atoms with Gasteiger partial charge in [0.15, 0.2) is 17.5 Å². The fraction of sp³-hybridized carbons (Fsp3) is 0.261. The summed E-state index contributed by atoms with van der Waals surface area (Å²) in [6.45, 7) is 0.149. The summed E-state index contributed by atoms with van der Waals surface area (Å²) >= 11 is 0. The topological polar surface area (TPSA) is 162 Å². The average Bonchev–Trinajstić information content (AvgIpc) is 3.37. The van der Waals surface area contributed by atoms with Gasteiger partial charge in [-0.15, -0.1) is 0 Å². The van der Waals surface area contributed by atoms with E-state index in [1.165, 1.54) is 21.9 Å². The standard InChI is InChI=1S/C23H20F2N8O3/c24-13-4-2-1-3-12(13)9-33-17(15-5-6-36-31-15)7-16(30-33)19-28-8-14(25)20(29-19)32-10-22(26)18(21(34)35)23(22,27)11-32/h1-8,18H,9-11,26-27H2,(H,34,35)/t18?,22-,23+. The number of carboxylic acid groups (broad SMARTS) is 1. The molecule has 0 amide bonds. The highest BCUT2D eigenvalue weighted by Crippen LogP contribution is 2.56. The van der Waals surface area contributed by atoms with Gasteiger partial charge in [-0.1, -0.05) is 23.4 Å². The van der Waals surface area contributed by atoms with Crippen molar-refractivity contribution in [1.82, 2.24) is 24.9 Å². The van der Waals surface area contributed by atoms with E-state index in [0.717, 1.165) is 6.20 Å². The predicted molar refractivity (Wildman–Crippen MR) is 121 cm³/mol. The van der Waals surface area contributed by atoms with Crippen LogP contribution >= 0.6 is 0 Å². The van der Waals surface area contributed by atoms with Gasteiger partial charge in [-0.25, -0.2) is 18.7 Å². The molecule has 0 radical (unpaired) electrons. The van der Waals surface area contributed by atoms with Crippen LogP contribution in [0.1, 0.15) is 5.56 Å². The van der Waals surface area contributed by atoms with Gasteiger partial charge < -0.3 is 26.0 Å². The van der Waals surface area contributed by atoms with Crippen LogP contribution in [0.3, 0.4) is 0 Å². The third-order valence-electron chi connectivity index (χ3n) is 6.98. The predicted octanol–water partition coefficient (Wildman–Crippen LogP) is 1.25. The maximum atomic E-state index is 14.8. The summed E-state index contributed by atoms with van der Waals surface area (Å²) in [7, 11) is 0. The SMILES string of the molecule is N[C@@]12CN(c3nc(-c4cc(-c5ccon5)n(Cc5ccccc5F)n4)ncc3F)C[C@]1(N)C2C(=O)O. The first-order valence-electron chi connectivity index (χ1n) is 11.0. The van der Waals surface area contributed by atoms with Gasteiger partial charge >= 0.3 is 5.97 Å². The average molecular weight is 494 g/mol. The molecule has 11 nitrogen and oxygen atoms in total. The van der Waals surface area contributed by atoms with Crippen LogP contribution in [0.4, 0.5) is 14.6 Å². The first-order chi connectivity index (χ1) is 17.2. The van der Waals surface area contributed by atoms with E-state index in [4.69, 9.17) is 16.0 Å². The molecule has 4 aromatic rings. The van der Waals surface area contributed by atoms with Crippen LogP contribution in [0.25, 0.3) is 22.9 Å². The van der Waals surface area contributed by atoms with Crippen LogP contribution in [-0.2, 0) is 11.3 Å². The molecule has 1 saturated carbocycles. The van der Waals surface area contributed by atoms with E-state index in [-0.39, 0.29) is 37.1 Å². The molecular weight excluding hydrogens is 474 g/mol. The summed E-state index contributed by atoms with van der Waals surface area (Å²) in [6.07, 6.45) is 2.41. The van der Waals surface area contributed by atoms with Crippen molar-refractivity contribution in [3.05, 3.63) is 66.1 Å². The smallest absolute Gasteiger partial charge is 0.310 e. The van der Waals surface area contributed by atoms with Crippen LogP contribution in [0.15, 0.2) is 53.4 Å². The minimum atomic E-state index is -1.18. The van der Waals surface area contributed by atoms with Gasteiger partial charge in [-0.2, -0.15) is 5.10 Å². The molecule has 3 atom stereocenters. The van der Waals surface area contributed by atoms with Crippen molar-refractivity contribution in [2.24, 2.45) is 17.4 Å². The highest BCUT2D eigenvalue weighted by atomic mass is 19.1. The third-order valence-corrected chi connectivity index (χ3v) is 6.98. The number of hydrogen-bond acceptors (Lipinski definition) is 9. The van der Waals surface area contributed by atoms with E-state index in [1.807, 2.05) is 0 Å². The number of halogens is 2. The summed E-state index contributed by atoms with van der Waals surface area (Å²) in [5.41, 5.74) is 11.8. The number of carbonyl (C=O) groups is 1. The van der Waals surface area contributed by atoms with Crippen molar-refractivity contribution >= 4 is 11.8 Å². The van der Waals surface area contributed by atoms with Crippen molar-refractivity contribution in [2.45, 2.75) is 17.6 Å². The van der Waals surface area contributed by atoms with Gasteiger partial charge in [0.2, 0.25) is 0 Å². The van der Waals surface area contributed by atoms with E-state index >= 15 is 0 Å². The van der Waals surface area contributed by atoms with Crippen LogP contribution in [0.5, 0.6) is 0 Å². The van der Waals surface area contributed by atoms with Gasteiger partial charge in [0.1, 0.15) is 23.5 Å². The van der Waals surface area contributed by atoms with Crippen molar-refractivity contribution in [3.63, 3.8) is 0 Å². The minimum Gasteiger partial charge on any atom is -0.481 e. The molecule has 4 heterocycles. The summed E-state index contributed by atoms with van der Waals surface area (Å²) in [5.74, 6) is -3.04. The van der Waals surface area contributed by atoms with Crippen LogP contribution in [0.2, 0.25) is 0 Å². The van der Waals surface area contributed by atoms with Crippen LogP contribution in [0, 0.1) is 17.6 Å². The quantitative estimate of drug-likeness (QED) is 0.356. The fourth-order valence-corrected chi connectivity index (χ4v) is 5.09. The second-order valence-corrected chi connectivity index (χ2v) is 9.12. The monoisotopic (exact) mass is 494 g/mol. The van der Waals surface area contributed by atoms with Crippen molar-refractivity contribution < 1.29 is 23.2 Å². The maximum absolute atomic E-state index is 14.8. The summed E-state index contributed by atoms with van der Waals surface area (Å²) in [5, 5.41) is 17.9. The number of piperidine rings is 1. The van der Waals surface area contributed by atoms with E-state index in [0.29, 0.717) is 22.6 Å². The normalized spacial score (nSPS) is 24.7. The molecule has 0 spiro atoms.